The molecule has 5 heteroatoms. The standard InChI is InChI=1S/C14H17ClN2O2/c1-9(15)14-16-12-7-11(18-2)3-4-13(12)17(14)10-5-6-19-8-10/h3-4,7,9-10H,5-6,8H2,1-2H3. The monoisotopic (exact) mass is 280 g/mol. The molecule has 1 aromatic carbocycles. The lowest BCUT2D eigenvalue weighted by molar-refractivity contribution is 0.186. The molecule has 102 valence electrons. The molecule has 0 radical (unpaired) electrons. The third-order valence-electron chi connectivity index (χ3n) is 3.55. The van der Waals surface area contributed by atoms with Crippen LogP contribution in [0.2, 0.25) is 0 Å². The van der Waals surface area contributed by atoms with Gasteiger partial charge in [0.15, 0.2) is 0 Å². The van der Waals surface area contributed by atoms with Gasteiger partial charge in [-0.05, 0) is 25.5 Å². The Balaban J connectivity index is 2.17. The van der Waals surface area contributed by atoms with Crippen LogP contribution in [-0.4, -0.2) is 29.9 Å². The number of benzene rings is 1. The van der Waals surface area contributed by atoms with E-state index in [9.17, 15) is 0 Å². The average molecular weight is 281 g/mol. The fourth-order valence-electron chi connectivity index (χ4n) is 2.61. The van der Waals surface area contributed by atoms with Gasteiger partial charge in [0.1, 0.15) is 11.6 Å². The number of methoxy groups -OCH3 is 1. The molecule has 0 saturated carbocycles. The Kier molecular flexibility index (Phi) is 3.37. The van der Waals surface area contributed by atoms with E-state index >= 15 is 0 Å². The Hall–Kier alpha value is -1.26. The highest BCUT2D eigenvalue weighted by atomic mass is 35.5. The largest absolute Gasteiger partial charge is 0.497 e. The van der Waals surface area contributed by atoms with E-state index in [1.807, 2.05) is 25.1 Å². The van der Waals surface area contributed by atoms with Crippen molar-refractivity contribution in [3.63, 3.8) is 0 Å². The third-order valence-corrected chi connectivity index (χ3v) is 3.75. The van der Waals surface area contributed by atoms with E-state index in [1.54, 1.807) is 7.11 Å². The van der Waals surface area contributed by atoms with E-state index in [0.717, 1.165) is 42.2 Å². The van der Waals surface area contributed by atoms with Gasteiger partial charge in [-0.3, -0.25) is 0 Å². The van der Waals surface area contributed by atoms with Crippen molar-refractivity contribution >= 4 is 22.6 Å². The Labute approximate surface area is 117 Å². The van der Waals surface area contributed by atoms with Crippen LogP contribution in [0.25, 0.3) is 11.0 Å². The van der Waals surface area contributed by atoms with Gasteiger partial charge >= 0.3 is 0 Å². The number of alkyl halides is 1. The lowest BCUT2D eigenvalue weighted by Crippen LogP contribution is -2.12. The van der Waals surface area contributed by atoms with Crippen molar-refractivity contribution < 1.29 is 9.47 Å². The molecule has 0 bridgehead atoms. The predicted molar refractivity (Wildman–Crippen MR) is 75.0 cm³/mol. The van der Waals surface area contributed by atoms with Gasteiger partial charge in [-0.2, -0.15) is 0 Å². The molecule has 2 aromatic rings. The molecule has 1 fully saturated rings. The molecule has 1 saturated heterocycles. The van der Waals surface area contributed by atoms with Gasteiger partial charge in [0.05, 0.1) is 36.2 Å². The van der Waals surface area contributed by atoms with E-state index in [2.05, 4.69) is 9.55 Å². The maximum absolute atomic E-state index is 6.28. The molecule has 1 aliphatic rings. The first-order valence-corrected chi connectivity index (χ1v) is 6.92. The number of aromatic nitrogens is 2. The van der Waals surface area contributed by atoms with E-state index in [0.29, 0.717) is 6.04 Å². The smallest absolute Gasteiger partial charge is 0.128 e. The molecule has 0 N–H and O–H groups in total. The quantitative estimate of drug-likeness (QED) is 0.810. The summed E-state index contributed by atoms with van der Waals surface area (Å²) < 4.78 is 13.0. The molecule has 1 aliphatic heterocycles. The lowest BCUT2D eigenvalue weighted by Gasteiger charge is -2.16. The average Bonchev–Trinajstić information content (AvgIpc) is 3.03. The van der Waals surface area contributed by atoms with Gasteiger partial charge in [0.2, 0.25) is 0 Å². The number of hydrogen-bond donors (Lipinski definition) is 0. The third kappa shape index (κ3) is 2.19. The van der Waals surface area contributed by atoms with Gasteiger partial charge < -0.3 is 14.0 Å². The Morgan fingerprint density at radius 3 is 3.00 bits per heavy atom. The highest BCUT2D eigenvalue weighted by Crippen LogP contribution is 2.32. The molecule has 2 heterocycles. The van der Waals surface area contributed by atoms with Gasteiger partial charge in [-0.15, -0.1) is 11.6 Å². The summed E-state index contributed by atoms with van der Waals surface area (Å²) in [4.78, 5) is 4.66. The van der Waals surface area contributed by atoms with Gasteiger partial charge in [0.25, 0.3) is 0 Å². The Bertz CT molecular complexity index is 588. The molecule has 1 aromatic heterocycles. The minimum atomic E-state index is -0.126. The number of halogens is 1. The van der Waals surface area contributed by atoms with Crippen molar-refractivity contribution in [2.75, 3.05) is 20.3 Å². The second kappa shape index (κ2) is 5.02. The minimum absolute atomic E-state index is 0.126. The molecule has 0 spiro atoms. The highest BCUT2D eigenvalue weighted by Gasteiger charge is 2.25. The van der Waals surface area contributed by atoms with Crippen LogP contribution in [0.4, 0.5) is 0 Å². The maximum Gasteiger partial charge on any atom is 0.128 e. The van der Waals surface area contributed by atoms with Crippen LogP contribution in [0.3, 0.4) is 0 Å². The van der Waals surface area contributed by atoms with Gasteiger partial charge in [-0.1, -0.05) is 0 Å². The van der Waals surface area contributed by atoms with Crippen molar-refractivity contribution in [2.45, 2.75) is 24.8 Å². The summed E-state index contributed by atoms with van der Waals surface area (Å²) in [5.74, 6) is 1.72. The van der Waals surface area contributed by atoms with Crippen molar-refractivity contribution in [1.82, 2.24) is 9.55 Å². The second-order valence-corrected chi connectivity index (χ2v) is 5.48. The number of nitrogens with zero attached hydrogens (tertiary/aromatic N) is 2. The fraction of sp³-hybridized carbons (Fsp3) is 0.500. The SMILES string of the molecule is COc1ccc2c(c1)nc(C(C)Cl)n2C1CCOC1. The van der Waals surface area contributed by atoms with Crippen LogP contribution in [-0.2, 0) is 4.74 Å². The second-order valence-electron chi connectivity index (χ2n) is 4.83. The van der Waals surface area contributed by atoms with Gasteiger partial charge in [0, 0.05) is 12.7 Å². The summed E-state index contributed by atoms with van der Waals surface area (Å²) in [7, 11) is 1.66. The normalized spacial score (nSPS) is 20.9. The van der Waals surface area contributed by atoms with Crippen LogP contribution in [0, 0.1) is 0 Å². The molecular weight excluding hydrogens is 264 g/mol. The first kappa shape index (κ1) is 12.8. The first-order valence-electron chi connectivity index (χ1n) is 6.48. The zero-order chi connectivity index (χ0) is 13.4. The summed E-state index contributed by atoms with van der Waals surface area (Å²) in [6, 6.07) is 6.28. The van der Waals surface area contributed by atoms with Crippen LogP contribution in [0.5, 0.6) is 5.75 Å². The van der Waals surface area contributed by atoms with Crippen molar-refractivity contribution in [1.29, 1.82) is 0 Å². The van der Waals surface area contributed by atoms with Crippen molar-refractivity contribution in [2.24, 2.45) is 0 Å². The van der Waals surface area contributed by atoms with Gasteiger partial charge in [-0.25, -0.2) is 4.98 Å². The molecule has 19 heavy (non-hydrogen) atoms. The molecule has 3 rings (SSSR count). The first-order chi connectivity index (χ1) is 9.20. The summed E-state index contributed by atoms with van der Waals surface area (Å²) in [6.07, 6.45) is 1.01. The van der Waals surface area contributed by atoms with E-state index < -0.39 is 0 Å². The summed E-state index contributed by atoms with van der Waals surface area (Å²) >= 11 is 6.28. The molecule has 2 unspecified atom stereocenters. The topological polar surface area (TPSA) is 36.3 Å². The van der Waals surface area contributed by atoms with Crippen molar-refractivity contribution in [3.05, 3.63) is 24.0 Å². The summed E-state index contributed by atoms with van der Waals surface area (Å²) in [6.45, 7) is 3.48. The van der Waals surface area contributed by atoms with E-state index in [1.165, 1.54) is 0 Å². The van der Waals surface area contributed by atoms with E-state index in [-0.39, 0.29) is 5.38 Å². The van der Waals surface area contributed by atoms with Crippen LogP contribution in [0.15, 0.2) is 18.2 Å². The Morgan fingerprint density at radius 1 is 1.53 bits per heavy atom. The van der Waals surface area contributed by atoms with Crippen LogP contribution < -0.4 is 4.74 Å². The highest BCUT2D eigenvalue weighted by molar-refractivity contribution is 6.20. The van der Waals surface area contributed by atoms with Crippen LogP contribution >= 0.6 is 11.6 Å². The summed E-state index contributed by atoms with van der Waals surface area (Å²) in [5, 5.41) is -0.126. The number of hydrogen-bond acceptors (Lipinski definition) is 3. The van der Waals surface area contributed by atoms with E-state index in [4.69, 9.17) is 21.1 Å². The zero-order valence-electron chi connectivity index (χ0n) is 11.1. The molecule has 4 nitrogen and oxygen atoms in total. The van der Waals surface area contributed by atoms with Crippen LogP contribution in [0.1, 0.15) is 30.6 Å². The predicted octanol–water partition coefficient (Wildman–Crippen LogP) is 3.31. The summed E-state index contributed by atoms with van der Waals surface area (Å²) in [5.41, 5.74) is 2.02. The van der Waals surface area contributed by atoms with Crippen molar-refractivity contribution in [3.8, 4) is 5.75 Å². The Morgan fingerprint density at radius 2 is 2.37 bits per heavy atom. The minimum Gasteiger partial charge on any atom is -0.497 e. The molecule has 0 aliphatic carbocycles. The number of imidazole rings is 1. The zero-order valence-corrected chi connectivity index (χ0v) is 11.9. The molecular formula is C14H17ClN2O2. The lowest BCUT2D eigenvalue weighted by atomic mass is 10.2. The fourth-order valence-corrected chi connectivity index (χ4v) is 2.77. The molecule has 2 atom stereocenters. The number of ether oxygens (including phenoxy) is 2. The number of rotatable bonds is 3. The number of fused-ring (bicyclic) bond motifs is 1. The molecule has 0 amide bonds. The maximum atomic E-state index is 6.28.